The number of hydrogen-bond acceptors (Lipinski definition) is 5. The highest BCUT2D eigenvalue weighted by molar-refractivity contribution is 5.87. The van der Waals surface area contributed by atoms with Crippen molar-refractivity contribution in [2.75, 3.05) is 18.5 Å². The molecule has 0 atom stereocenters. The summed E-state index contributed by atoms with van der Waals surface area (Å²) in [4.78, 5) is 0. The van der Waals surface area contributed by atoms with Gasteiger partial charge in [0.1, 0.15) is 17.3 Å². The lowest BCUT2D eigenvalue weighted by atomic mass is 9.95. The van der Waals surface area contributed by atoms with E-state index in [4.69, 9.17) is 5.11 Å². The number of nitrogens with zero attached hydrogens (tertiary/aromatic N) is 3. The second-order valence-electron chi connectivity index (χ2n) is 5.14. The summed E-state index contributed by atoms with van der Waals surface area (Å²) in [6.07, 6.45) is 0. The van der Waals surface area contributed by atoms with Crippen molar-refractivity contribution >= 4 is 5.82 Å². The van der Waals surface area contributed by atoms with Crippen molar-refractivity contribution in [1.29, 1.82) is 5.26 Å². The van der Waals surface area contributed by atoms with Gasteiger partial charge < -0.3 is 10.4 Å². The van der Waals surface area contributed by atoms with Crippen LogP contribution in [0.1, 0.15) is 5.56 Å². The molecule has 118 valence electrons. The molecule has 24 heavy (non-hydrogen) atoms. The van der Waals surface area contributed by atoms with Gasteiger partial charge in [-0.1, -0.05) is 60.7 Å². The van der Waals surface area contributed by atoms with Crippen LogP contribution in [0.2, 0.25) is 0 Å². The molecule has 5 heteroatoms. The number of benzene rings is 2. The molecule has 0 radical (unpaired) electrons. The van der Waals surface area contributed by atoms with E-state index in [1.807, 2.05) is 60.7 Å². The van der Waals surface area contributed by atoms with Crippen molar-refractivity contribution < 1.29 is 5.11 Å². The molecule has 1 aromatic heterocycles. The first kappa shape index (κ1) is 15.7. The first-order valence-corrected chi connectivity index (χ1v) is 7.61. The monoisotopic (exact) mass is 316 g/mol. The van der Waals surface area contributed by atoms with Crippen LogP contribution in [0, 0.1) is 11.3 Å². The van der Waals surface area contributed by atoms with Gasteiger partial charge in [-0.15, -0.1) is 10.2 Å². The van der Waals surface area contributed by atoms with Crippen molar-refractivity contribution in [3.8, 4) is 28.5 Å². The lowest BCUT2D eigenvalue weighted by molar-refractivity contribution is 0.311. The van der Waals surface area contributed by atoms with Gasteiger partial charge in [-0.25, -0.2) is 0 Å². The van der Waals surface area contributed by atoms with E-state index in [1.165, 1.54) is 0 Å². The van der Waals surface area contributed by atoms with E-state index in [0.717, 1.165) is 16.7 Å². The van der Waals surface area contributed by atoms with Gasteiger partial charge in [0, 0.05) is 17.7 Å². The Bertz CT molecular complexity index is 858. The van der Waals surface area contributed by atoms with Crippen LogP contribution in [0.25, 0.3) is 22.4 Å². The van der Waals surface area contributed by atoms with E-state index in [-0.39, 0.29) is 6.61 Å². The van der Waals surface area contributed by atoms with Crippen molar-refractivity contribution in [2.45, 2.75) is 0 Å². The normalized spacial score (nSPS) is 10.2. The van der Waals surface area contributed by atoms with Crippen molar-refractivity contribution in [3.63, 3.8) is 0 Å². The smallest absolute Gasteiger partial charge is 0.167 e. The van der Waals surface area contributed by atoms with Crippen LogP contribution < -0.4 is 5.32 Å². The zero-order valence-corrected chi connectivity index (χ0v) is 13.0. The van der Waals surface area contributed by atoms with Gasteiger partial charge in [-0.2, -0.15) is 5.26 Å². The van der Waals surface area contributed by atoms with Crippen molar-refractivity contribution in [1.82, 2.24) is 10.2 Å². The van der Waals surface area contributed by atoms with E-state index in [1.54, 1.807) is 0 Å². The molecule has 0 spiro atoms. The molecule has 2 N–H and O–H groups in total. The highest BCUT2D eigenvalue weighted by atomic mass is 16.3. The van der Waals surface area contributed by atoms with E-state index in [2.05, 4.69) is 21.6 Å². The number of rotatable bonds is 5. The number of anilines is 1. The zero-order chi connectivity index (χ0) is 16.8. The Morgan fingerprint density at radius 3 is 2.12 bits per heavy atom. The molecule has 0 aliphatic rings. The van der Waals surface area contributed by atoms with Crippen LogP contribution in [0.5, 0.6) is 0 Å². The number of aromatic nitrogens is 2. The average molecular weight is 316 g/mol. The molecule has 3 aromatic rings. The molecule has 5 nitrogen and oxygen atoms in total. The predicted molar refractivity (Wildman–Crippen MR) is 93.2 cm³/mol. The molecule has 0 saturated carbocycles. The number of nitrogens with one attached hydrogen (secondary N) is 1. The summed E-state index contributed by atoms with van der Waals surface area (Å²) in [5.74, 6) is 0.380. The molecule has 0 fully saturated rings. The number of nitriles is 1. The van der Waals surface area contributed by atoms with Gasteiger partial charge in [0.2, 0.25) is 0 Å². The minimum atomic E-state index is -0.0480. The van der Waals surface area contributed by atoms with Gasteiger partial charge >= 0.3 is 0 Å². The zero-order valence-electron chi connectivity index (χ0n) is 13.0. The summed E-state index contributed by atoms with van der Waals surface area (Å²) >= 11 is 0. The molecular formula is C19H16N4O. The molecule has 0 aliphatic heterocycles. The Hall–Kier alpha value is -3.23. The summed E-state index contributed by atoms with van der Waals surface area (Å²) in [6.45, 7) is 0.260. The van der Waals surface area contributed by atoms with E-state index in [9.17, 15) is 5.26 Å². The van der Waals surface area contributed by atoms with Crippen LogP contribution in [-0.4, -0.2) is 28.5 Å². The Labute approximate surface area is 140 Å². The second-order valence-corrected chi connectivity index (χ2v) is 5.14. The van der Waals surface area contributed by atoms with Gasteiger partial charge in [0.05, 0.1) is 6.61 Å². The summed E-state index contributed by atoms with van der Waals surface area (Å²) in [5.41, 5.74) is 3.61. The summed E-state index contributed by atoms with van der Waals surface area (Å²) in [7, 11) is 0. The lowest BCUT2D eigenvalue weighted by Gasteiger charge is -2.14. The fourth-order valence-corrected chi connectivity index (χ4v) is 2.53. The van der Waals surface area contributed by atoms with Crippen LogP contribution >= 0.6 is 0 Å². The molecule has 0 saturated heterocycles. The molecular weight excluding hydrogens is 300 g/mol. The number of hydrogen-bond donors (Lipinski definition) is 2. The Kier molecular flexibility index (Phi) is 4.80. The Morgan fingerprint density at radius 1 is 0.917 bits per heavy atom. The second kappa shape index (κ2) is 7.36. The fraction of sp³-hybridized carbons (Fsp3) is 0.105. The largest absolute Gasteiger partial charge is 0.395 e. The van der Waals surface area contributed by atoms with E-state index < -0.39 is 0 Å². The van der Waals surface area contributed by atoms with Crippen LogP contribution in [-0.2, 0) is 0 Å². The topological polar surface area (TPSA) is 81.8 Å². The third kappa shape index (κ3) is 3.09. The van der Waals surface area contributed by atoms with Crippen LogP contribution in [0.15, 0.2) is 60.7 Å². The molecule has 0 aliphatic carbocycles. The molecule has 0 bridgehead atoms. The van der Waals surface area contributed by atoms with E-state index >= 15 is 0 Å². The first-order valence-electron chi connectivity index (χ1n) is 7.61. The maximum Gasteiger partial charge on any atom is 0.167 e. The van der Waals surface area contributed by atoms with Crippen LogP contribution in [0.4, 0.5) is 5.82 Å². The maximum absolute atomic E-state index is 9.71. The molecule has 1 heterocycles. The third-order valence-electron chi connectivity index (χ3n) is 3.60. The third-order valence-corrected chi connectivity index (χ3v) is 3.60. The van der Waals surface area contributed by atoms with Crippen LogP contribution in [0.3, 0.4) is 0 Å². The average Bonchev–Trinajstić information content (AvgIpc) is 2.67. The minimum absolute atomic E-state index is 0.0480. The molecule has 0 amide bonds. The molecule has 2 aromatic carbocycles. The minimum Gasteiger partial charge on any atom is -0.395 e. The SMILES string of the molecule is N#Cc1c(NCCO)nnc(-c2ccccc2)c1-c1ccccc1. The first-order chi connectivity index (χ1) is 11.8. The maximum atomic E-state index is 9.71. The Balaban J connectivity index is 2.25. The standard InChI is InChI=1S/C19H16N4O/c20-13-16-17(14-7-3-1-4-8-14)18(15-9-5-2-6-10-15)22-23-19(16)21-11-12-24/h1-10,24H,11-12H2,(H,21,23). The quantitative estimate of drug-likeness (QED) is 0.756. The van der Waals surface area contributed by atoms with Gasteiger partial charge in [-0.3, -0.25) is 0 Å². The van der Waals surface area contributed by atoms with Gasteiger partial charge in [0.15, 0.2) is 5.82 Å². The highest BCUT2D eigenvalue weighted by Crippen LogP contribution is 2.35. The molecule has 3 rings (SSSR count). The highest BCUT2D eigenvalue weighted by Gasteiger charge is 2.19. The summed E-state index contributed by atoms with van der Waals surface area (Å²) in [6, 6.07) is 21.6. The lowest BCUT2D eigenvalue weighted by Crippen LogP contribution is -2.11. The van der Waals surface area contributed by atoms with Gasteiger partial charge in [-0.05, 0) is 5.56 Å². The summed E-state index contributed by atoms with van der Waals surface area (Å²) < 4.78 is 0. The molecule has 0 unspecified atom stereocenters. The number of aliphatic hydroxyl groups is 1. The van der Waals surface area contributed by atoms with Crippen molar-refractivity contribution in [2.24, 2.45) is 0 Å². The van der Waals surface area contributed by atoms with Gasteiger partial charge in [0.25, 0.3) is 0 Å². The van der Waals surface area contributed by atoms with Crippen molar-refractivity contribution in [3.05, 3.63) is 66.2 Å². The number of aliphatic hydroxyl groups excluding tert-OH is 1. The predicted octanol–water partition coefficient (Wildman–Crippen LogP) is 3.09. The van der Waals surface area contributed by atoms with E-state index in [0.29, 0.717) is 23.6 Å². The summed E-state index contributed by atoms with van der Waals surface area (Å²) in [5, 5.41) is 30.2. The fourth-order valence-electron chi connectivity index (χ4n) is 2.53. The Morgan fingerprint density at radius 2 is 1.54 bits per heavy atom.